The van der Waals surface area contributed by atoms with Crippen LogP contribution in [0.1, 0.15) is 27.8 Å². The fourth-order valence-corrected chi connectivity index (χ4v) is 12.3. The van der Waals surface area contributed by atoms with Gasteiger partial charge in [-0.2, -0.15) is 26.3 Å². The molecule has 15 rings (SSSR count). The van der Waals surface area contributed by atoms with Crippen molar-refractivity contribution in [1.82, 2.24) is 24.1 Å². The number of rotatable bonds is 10. The highest BCUT2D eigenvalue weighted by atomic mass is 15.0. The molecule has 0 bridgehead atoms. The van der Waals surface area contributed by atoms with Crippen molar-refractivity contribution in [2.45, 2.75) is 0 Å². The van der Waals surface area contributed by atoms with Gasteiger partial charge >= 0.3 is 0 Å². The van der Waals surface area contributed by atoms with E-state index in [0.717, 1.165) is 122 Å². The van der Waals surface area contributed by atoms with Gasteiger partial charge in [0.05, 0.1) is 85.9 Å². The number of hydrogen-bond acceptors (Lipinski definition) is 8. The quantitative estimate of drug-likeness (QED) is 0.130. The van der Waals surface area contributed by atoms with E-state index in [1.54, 1.807) is 0 Å². The van der Waals surface area contributed by atoms with Gasteiger partial charge in [0, 0.05) is 49.5 Å². The smallest absolute Gasteiger partial charge is 0.164 e. The van der Waals surface area contributed by atoms with Crippen LogP contribution in [0.4, 0.5) is 0 Å². The molecule has 10 heteroatoms. The van der Waals surface area contributed by atoms with Gasteiger partial charge in [0.25, 0.3) is 0 Å². The van der Waals surface area contributed by atoms with Gasteiger partial charge in [0.2, 0.25) is 0 Å². The van der Waals surface area contributed by atoms with Crippen LogP contribution in [-0.4, -0.2) is 24.1 Å². The third-order valence-corrected chi connectivity index (χ3v) is 16.8. The molecule has 0 aliphatic heterocycles. The van der Waals surface area contributed by atoms with Crippen LogP contribution in [0.15, 0.2) is 267 Å². The molecule has 414 valence electrons. The van der Waals surface area contributed by atoms with Crippen LogP contribution in [0.2, 0.25) is 0 Å². The van der Waals surface area contributed by atoms with Gasteiger partial charge in [0.15, 0.2) is 17.5 Å². The summed E-state index contributed by atoms with van der Waals surface area (Å²) in [6, 6.07) is 99.9. The van der Waals surface area contributed by atoms with Crippen molar-refractivity contribution < 1.29 is 0 Å². The standard InChI is InChI=1S/C80H44N10/c81-45-50-11-20-55(21-12-50)61-28-35-73-69(40-61)70-41-62(56-22-13-51(46-82)14-23-56)29-36-74(70)89(73)65-32-33-66(80-87-78(59-7-3-1-4-8-59)86-79(88-80)60-9-5-2-6-10-60)67(44-65)68-39-54(49-85)19-34-75(68)90-76-37-30-63(57-24-15-52(47-83)16-25-57)42-71(76)72-43-64(31-38-77(72)90)58-26-17-53(48-84)18-27-58/h1-44H. The molecule has 0 fully saturated rings. The average Bonchev–Trinajstić information content (AvgIpc) is 1.58. The van der Waals surface area contributed by atoms with Gasteiger partial charge in [-0.1, -0.05) is 133 Å². The van der Waals surface area contributed by atoms with Crippen molar-refractivity contribution in [2.24, 2.45) is 0 Å². The Morgan fingerprint density at radius 2 is 0.567 bits per heavy atom. The molecule has 0 radical (unpaired) electrons. The monoisotopic (exact) mass is 1140 g/mol. The number of benzene rings is 12. The minimum absolute atomic E-state index is 0.431. The van der Waals surface area contributed by atoms with Crippen LogP contribution in [0.3, 0.4) is 0 Å². The lowest BCUT2D eigenvalue weighted by atomic mass is 9.94. The molecule has 0 aliphatic rings. The Labute approximate surface area is 517 Å². The van der Waals surface area contributed by atoms with Gasteiger partial charge in [-0.25, -0.2) is 15.0 Å². The summed E-state index contributed by atoms with van der Waals surface area (Å²) >= 11 is 0. The third kappa shape index (κ3) is 9.50. The number of hydrogen-bond donors (Lipinski definition) is 0. The minimum Gasteiger partial charge on any atom is -0.309 e. The molecular formula is C80H44N10. The Morgan fingerprint density at radius 1 is 0.233 bits per heavy atom. The van der Waals surface area contributed by atoms with Crippen molar-refractivity contribution in [3.63, 3.8) is 0 Å². The van der Waals surface area contributed by atoms with Crippen LogP contribution in [0.5, 0.6) is 0 Å². The normalized spacial score (nSPS) is 11.1. The van der Waals surface area contributed by atoms with Gasteiger partial charge in [-0.05, 0) is 184 Å². The van der Waals surface area contributed by atoms with Gasteiger partial charge in [-0.15, -0.1) is 0 Å². The van der Waals surface area contributed by atoms with Crippen molar-refractivity contribution in [2.75, 3.05) is 0 Å². The maximum absolute atomic E-state index is 11.0. The first-order chi connectivity index (χ1) is 44.3. The van der Waals surface area contributed by atoms with E-state index in [0.29, 0.717) is 50.9 Å². The second kappa shape index (κ2) is 22.3. The van der Waals surface area contributed by atoms with Crippen molar-refractivity contribution in [3.05, 3.63) is 295 Å². The topological polar surface area (TPSA) is 167 Å². The van der Waals surface area contributed by atoms with E-state index in [2.05, 4.69) is 130 Å². The molecule has 10 nitrogen and oxygen atoms in total. The lowest BCUT2D eigenvalue weighted by Crippen LogP contribution is -2.04. The predicted octanol–water partition coefficient (Wildman–Crippen LogP) is 18.8. The molecule has 0 aliphatic carbocycles. The highest BCUT2D eigenvalue weighted by Gasteiger charge is 2.24. The van der Waals surface area contributed by atoms with Crippen LogP contribution in [-0.2, 0) is 0 Å². The number of nitrogens with zero attached hydrogens (tertiary/aromatic N) is 10. The zero-order valence-electron chi connectivity index (χ0n) is 47.9. The Hall–Kier alpha value is -13.3. The summed E-state index contributed by atoms with van der Waals surface area (Å²) in [7, 11) is 0. The van der Waals surface area contributed by atoms with E-state index < -0.39 is 0 Å². The fourth-order valence-electron chi connectivity index (χ4n) is 12.3. The number of nitriles is 5. The molecule has 90 heavy (non-hydrogen) atoms. The van der Waals surface area contributed by atoms with Crippen LogP contribution in [0, 0.1) is 56.7 Å². The summed E-state index contributed by atoms with van der Waals surface area (Å²) in [4.78, 5) is 15.8. The Kier molecular flexibility index (Phi) is 13.2. The molecule has 0 saturated carbocycles. The van der Waals surface area contributed by atoms with Crippen molar-refractivity contribution in [3.8, 4) is 132 Å². The highest BCUT2D eigenvalue weighted by molar-refractivity contribution is 6.14. The average molecular weight is 1150 g/mol. The first kappa shape index (κ1) is 53.4. The maximum atomic E-state index is 11.0. The van der Waals surface area contributed by atoms with Crippen LogP contribution in [0.25, 0.3) is 145 Å². The van der Waals surface area contributed by atoms with Crippen LogP contribution < -0.4 is 0 Å². The molecule has 0 N–H and O–H groups in total. The Bertz CT molecular complexity index is 5330. The van der Waals surface area contributed by atoms with Gasteiger partial charge in [0.1, 0.15) is 0 Å². The molecule has 0 amide bonds. The molecule has 3 aromatic heterocycles. The van der Waals surface area contributed by atoms with E-state index in [4.69, 9.17) is 15.0 Å². The SMILES string of the molecule is N#Cc1ccc(-c2ccc3c(c2)c2cc(-c4ccc(C#N)cc4)ccc2n3-c2ccc(-c3nc(-c4ccccc4)nc(-c4ccccc4)n3)c(-c3cc(C#N)ccc3-n3c4ccc(-c5ccc(C#N)cc5)cc4c4cc(-c5ccc(C#N)cc5)ccc43)c2)cc1. The van der Waals surface area contributed by atoms with Crippen LogP contribution >= 0.6 is 0 Å². The molecule has 0 atom stereocenters. The lowest BCUT2D eigenvalue weighted by Gasteiger charge is -2.19. The summed E-state index contributed by atoms with van der Waals surface area (Å²) in [5.74, 6) is 1.43. The first-order valence-electron chi connectivity index (χ1n) is 29.1. The number of aromatic nitrogens is 5. The zero-order valence-corrected chi connectivity index (χ0v) is 47.9. The second-order valence-corrected chi connectivity index (χ2v) is 22.0. The fraction of sp³-hybridized carbons (Fsp3) is 0. The van der Waals surface area contributed by atoms with E-state index >= 15 is 0 Å². The van der Waals surface area contributed by atoms with E-state index in [1.165, 1.54) is 0 Å². The van der Waals surface area contributed by atoms with E-state index in [1.807, 2.05) is 176 Å². The molecule has 0 spiro atoms. The highest BCUT2D eigenvalue weighted by Crippen LogP contribution is 2.45. The lowest BCUT2D eigenvalue weighted by molar-refractivity contribution is 1.07. The van der Waals surface area contributed by atoms with Gasteiger partial charge < -0.3 is 9.13 Å². The Balaban J connectivity index is 1.02. The van der Waals surface area contributed by atoms with Crippen molar-refractivity contribution in [1.29, 1.82) is 26.3 Å². The number of fused-ring (bicyclic) bond motifs is 6. The molecule has 12 aromatic carbocycles. The molecule has 0 unspecified atom stereocenters. The molecule has 0 saturated heterocycles. The molecular weight excluding hydrogens is 1100 g/mol. The second-order valence-electron chi connectivity index (χ2n) is 22.0. The summed E-state index contributed by atoms with van der Waals surface area (Å²) in [6.07, 6.45) is 0. The third-order valence-electron chi connectivity index (χ3n) is 16.8. The largest absolute Gasteiger partial charge is 0.309 e. The zero-order chi connectivity index (χ0) is 60.8. The molecule has 15 aromatic rings. The van der Waals surface area contributed by atoms with E-state index in [9.17, 15) is 26.3 Å². The summed E-state index contributed by atoms with van der Waals surface area (Å²) < 4.78 is 4.56. The van der Waals surface area contributed by atoms with E-state index in [-0.39, 0.29) is 0 Å². The summed E-state index contributed by atoms with van der Waals surface area (Å²) in [5.41, 5.74) is 19.7. The minimum atomic E-state index is 0.431. The summed E-state index contributed by atoms with van der Waals surface area (Å²) in [6.45, 7) is 0. The maximum Gasteiger partial charge on any atom is 0.164 e. The van der Waals surface area contributed by atoms with Crippen molar-refractivity contribution >= 4 is 43.6 Å². The summed E-state index contributed by atoms with van der Waals surface area (Å²) in [5, 5.41) is 53.7. The Morgan fingerprint density at radius 3 is 0.933 bits per heavy atom. The van der Waals surface area contributed by atoms with Gasteiger partial charge in [-0.3, -0.25) is 0 Å². The predicted molar refractivity (Wildman–Crippen MR) is 356 cm³/mol. The first-order valence-corrected chi connectivity index (χ1v) is 29.1. The molecule has 3 heterocycles.